The van der Waals surface area contributed by atoms with E-state index in [2.05, 4.69) is 16.8 Å². The number of non-ortho nitro benzene ring substituents is 1. The van der Waals surface area contributed by atoms with E-state index < -0.39 is 10.9 Å². The van der Waals surface area contributed by atoms with Gasteiger partial charge < -0.3 is 4.74 Å². The number of esters is 1. The van der Waals surface area contributed by atoms with Crippen LogP contribution in [0.4, 0.5) is 5.69 Å². The van der Waals surface area contributed by atoms with Crippen LogP contribution in [0.15, 0.2) is 52.9 Å². The molecule has 0 fully saturated rings. The lowest BCUT2D eigenvalue weighted by Gasteiger charge is -2.00. The molecule has 6 nitrogen and oxygen atoms in total. The van der Waals surface area contributed by atoms with Crippen LogP contribution in [0.3, 0.4) is 0 Å². The molecule has 0 aliphatic rings. The first-order chi connectivity index (χ1) is 12.6. The van der Waals surface area contributed by atoms with E-state index in [1.807, 2.05) is 24.3 Å². The molecule has 0 unspecified atom stereocenters. The monoisotopic (exact) mass is 384 g/mol. The lowest BCUT2D eigenvalue weighted by Crippen LogP contribution is -2.05. The smallest absolute Gasteiger partial charge is 0.339 e. The second kappa shape index (κ2) is 8.47. The van der Waals surface area contributed by atoms with Gasteiger partial charge in [-0.05, 0) is 18.2 Å². The lowest BCUT2D eigenvalue weighted by atomic mass is 10.2. The van der Waals surface area contributed by atoms with Crippen LogP contribution in [-0.2, 0) is 4.74 Å². The zero-order chi connectivity index (χ0) is 18.4. The van der Waals surface area contributed by atoms with Crippen molar-refractivity contribution in [3.05, 3.63) is 64.2 Å². The average Bonchev–Trinajstić information content (AvgIpc) is 3.07. The van der Waals surface area contributed by atoms with Crippen molar-refractivity contribution in [3.63, 3.8) is 0 Å². The highest BCUT2D eigenvalue weighted by molar-refractivity contribution is 8.01. The lowest BCUT2D eigenvalue weighted by molar-refractivity contribution is -0.384. The second-order valence-corrected chi connectivity index (χ2v) is 7.23. The molecule has 0 saturated carbocycles. The Morgan fingerprint density at radius 1 is 1.23 bits per heavy atom. The molecule has 0 saturated heterocycles. The van der Waals surface area contributed by atoms with Crippen molar-refractivity contribution in [1.29, 1.82) is 0 Å². The number of hydrogen-bond acceptors (Lipinski definition) is 7. The highest BCUT2D eigenvalue weighted by Crippen LogP contribution is 2.28. The number of nitrogens with zero attached hydrogens (tertiary/aromatic N) is 2. The van der Waals surface area contributed by atoms with Crippen LogP contribution < -0.4 is 0 Å². The third kappa shape index (κ3) is 4.59. The zero-order valence-corrected chi connectivity index (χ0v) is 15.0. The van der Waals surface area contributed by atoms with Gasteiger partial charge >= 0.3 is 5.97 Å². The molecule has 1 aromatic heterocycles. The van der Waals surface area contributed by atoms with Crippen LogP contribution >= 0.6 is 23.1 Å². The Morgan fingerprint density at radius 2 is 2.08 bits per heavy atom. The van der Waals surface area contributed by atoms with Crippen LogP contribution in [-0.4, -0.2) is 28.2 Å². The molecule has 0 radical (unpaired) electrons. The number of fused-ring (bicyclic) bond motifs is 1. The zero-order valence-electron chi connectivity index (χ0n) is 13.4. The fourth-order valence-corrected chi connectivity index (χ4v) is 3.88. The number of ether oxygens (including phenoxy) is 1. The van der Waals surface area contributed by atoms with Crippen molar-refractivity contribution in [2.24, 2.45) is 0 Å². The number of thiazole rings is 1. The molecule has 0 aliphatic heterocycles. The predicted octanol–water partition coefficient (Wildman–Crippen LogP) is 4.16. The van der Waals surface area contributed by atoms with Gasteiger partial charge in [-0.15, -0.1) is 11.3 Å². The molecule has 3 aromatic rings. The van der Waals surface area contributed by atoms with E-state index >= 15 is 0 Å². The maximum absolute atomic E-state index is 11.8. The van der Waals surface area contributed by atoms with Crippen molar-refractivity contribution >= 4 is 45.0 Å². The summed E-state index contributed by atoms with van der Waals surface area (Å²) in [6.07, 6.45) is 0. The van der Waals surface area contributed by atoms with Crippen molar-refractivity contribution in [3.8, 4) is 11.8 Å². The summed E-state index contributed by atoms with van der Waals surface area (Å²) in [6, 6.07) is 13.3. The fraction of sp³-hybridized carbons (Fsp3) is 0.111. The van der Waals surface area contributed by atoms with Crippen LogP contribution in [0.1, 0.15) is 10.4 Å². The number of hydrogen-bond donors (Lipinski definition) is 0. The van der Waals surface area contributed by atoms with E-state index in [1.54, 1.807) is 11.3 Å². The molecule has 0 bridgehead atoms. The molecule has 130 valence electrons. The van der Waals surface area contributed by atoms with Gasteiger partial charge in [0.1, 0.15) is 0 Å². The summed E-state index contributed by atoms with van der Waals surface area (Å²) >= 11 is 3.14. The van der Waals surface area contributed by atoms with Crippen LogP contribution in [0.25, 0.3) is 10.2 Å². The van der Waals surface area contributed by atoms with Gasteiger partial charge in [0.05, 0.1) is 26.5 Å². The quantitative estimate of drug-likeness (QED) is 0.216. The number of benzene rings is 2. The predicted molar refractivity (Wildman–Crippen MR) is 101 cm³/mol. The van der Waals surface area contributed by atoms with E-state index in [0.717, 1.165) is 14.6 Å². The first-order valence-corrected chi connectivity index (χ1v) is 9.29. The number of nitro groups is 1. The van der Waals surface area contributed by atoms with Gasteiger partial charge in [-0.1, -0.05) is 41.8 Å². The number of rotatable bonds is 5. The normalized spacial score (nSPS) is 10.2. The van der Waals surface area contributed by atoms with Gasteiger partial charge in [-0.3, -0.25) is 10.1 Å². The maximum Gasteiger partial charge on any atom is 0.339 e. The minimum atomic E-state index is -0.637. The molecular weight excluding hydrogens is 372 g/mol. The molecule has 1 heterocycles. The van der Waals surface area contributed by atoms with Crippen LogP contribution in [0.2, 0.25) is 0 Å². The molecule has 0 atom stereocenters. The first-order valence-electron chi connectivity index (χ1n) is 7.49. The third-order valence-electron chi connectivity index (χ3n) is 3.24. The largest absolute Gasteiger partial charge is 0.449 e. The van der Waals surface area contributed by atoms with Gasteiger partial charge in [0.15, 0.2) is 10.9 Å². The topological polar surface area (TPSA) is 82.3 Å². The summed E-state index contributed by atoms with van der Waals surface area (Å²) in [7, 11) is 0. The van der Waals surface area contributed by atoms with E-state index in [4.69, 9.17) is 4.74 Å². The standard InChI is InChI=1S/C18H12N2O4S2/c21-17(13-6-5-7-14(12-13)20(22)23)24-10-3-4-11-25-18-19-15-8-1-2-9-16(15)26-18/h1-2,5-9,12H,10-11H2. The summed E-state index contributed by atoms with van der Waals surface area (Å²) in [4.78, 5) is 26.5. The SMILES string of the molecule is O=C(OCC#CCSc1nc2ccccc2s1)c1cccc([N+](=O)[O-])c1. The highest BCUT2D eigenvalue weighted by Gasteiger charge is 2.11. The van der Waals surface area contributed by atoms with E-state index in [0.29, 0.717) is 5.75 Å². The molecule has 0 amide bonds. The Morgan fingerprint density at radius 3 is 2.88 bits per heavy atom. The number of para-hydroxylation sites is 1. The Labute approximate surface area is 157 Å². The Balaban J connectivity index is 1.47. The third-order valence-corrected chi connectivity index (χ3v) is 5.30. The van der Waals surface area contributed by atoms with E-state index in [9.17, 15) is 14.9 Å². The van der Waals surface area contributed by atoms with Crippen LogP contribution in [0.5, 0.6) is 0 Å². The number of aromatic nitrogens is 1. The minimum absolute atomic E-state index is 0.0675. The average molecular weight is 384 g/mol. The Bertz CT molecular complexity index is 987. The van der Waals surface area contributed by atoms with Crippen molar-refractivity contribution in [2.75, 3.05) is 12.4 Å². The van der Waals surface area contributed by atoms with Gasteiger partial charge in [0.25, 0.3) is 5.69 Å². The molecule has 8 heteroatoms. The second-order valence-electron chi connectivity index (χ2n) is 4.97. The highest BCUT2D eigenvalue weighted by atomic mass is 32.2. The van der Waals surface area contributed by atoms with E-state index in [-0.39, 0.29) is 17.9 Å². The molecule has 0 N–H and O–H groups in total. The molecule has 3 rings (SSSR count). The molecule has 0 aliphatic carbocycles. The number of carbonyl (C=O) groups excluding carboxylic acids is 1. The number of thioether (sulfide) groups is 1. The summed E-state index contributed by atoms with van der Waals surface area (Å²) in [5, 5.41) is 10.7. The van der Waals surface area contributed by atoms with Crippen molar-refractivity contribution in [2.45, 2.75) is 4.34 Å². The van der Waals surface area contributed by atoms with Crippen molar-refractivity contribution < 1.29 is 14.5 Å². The molecular formula is C18H12N2O4S2. The summed E-state index contributed by atoms with van der Waals surface area (Å²) < 4.78 is 7.08. The van der Waals surface area contributed by atoms with Crippen LogP contribution in [0, 0.1) is 22.0 Å². The minimum Gasteiger partial charge on any atom is -0.449 e. The summed E-state index contributed by atoms with van der Waals surface area (Å²) in [5.74, 6) is 5.56. The van der Waals surface area contributed by atoms with Gasteiger partial charge in [-0.2, -0.15) is 0 Å². The molecule has 26 heavy (non-hydrogen) atoms. The molecule has 0 spiro atoms. The van der Waals surface area contributed by atoms with Gasteiger partial charge in [0, 0.05) is 12.1 Å². The summed E-state index contributed by atoms with van der Waals surface area (Å²) in [5.41, 5.74) is 0.946. The van der Waals surface area contributed by atoms with E-state index in [1.165, 1.54) is 36.0 Å². The Hall–Kier alpha value is -2.89. The molecule has 2 aromatic carbocycles. The summed E-state index contributed by atoms with van der Waals surface area (Å²) in [6.45, 7) is -0.0675. The number of carbonyl (C=O) groups is 1. The van der Waals surface area contributed by atoms with Crippen molar-refractivity contribution in [1.82, 2.24) is 4.98 Å². The van der Waals surface area contributed by atoms with Gasteiger partial charge in [-0.25, -0.2) is 9.78 Å². The number of nitro benzene ring substituents is 1. The first kappa shape index (κ1) is 17.9. The fourth-order valence-electron chi connectivity index (χ4n) is 2.04. The maximum atomic E-state index is 11.8. The Kier molecular flexibility index (Phi) is 5.84. The van der Waals surface area contributed by atoms with Gasteiger partial charge in [0.2, 0.25) is 0 Å².